The van der Waals surface area contributed by atoms with Crippen LogP contribution in [0.3, 0.4) is 0 Å². The zero-order chi connectivity index (χ0) is 23.8. The molecular weight excluding hydrogens is 426 g/mol. The Kier molecular flexibility index (Phi) is 5.19. The van der Waals surface area contributed by atoms with E-state index in [1.54, 1.807) is 24.4 Å². The van der Waals surface area contributed by atoms with Gasteiger partial charge in [-0.15, -0.1) is 0 Å². The van der Waals surface area contributed by atoms with Gasteiger partial charge in [0.05, 0.1) is 16.6 Å². The van der Waals surface area contributed by atoms with Gasteiger partial charge in [-0.05, 0) is 61.4 Å². The number of rotatable bonds is 4. The van der Waals surface area contributed by atoms with Crippen molar-refractivity contribution in [1.29, 1.82) is 5.26 Å². The van der Waals surface area contributed by atoms with Crippen LogP contribution in [0, 0.1) is 25.2 Å². The van der Waals surface area contributed by atoms with Crippen LogP contribution in [0.1, 0.15) is 22.5 Å². The number of aryl methyl sites for hydroxylation is 2. The minimum atomic E-state index is -0.336. The average Bonchev–Trinajstić information content (AvgIpc) is 3.18. The van der Waals surface area contributed by atoms with Crippen molar-refractivity contribution in [2.24, 2.45) is 7.05 Å². The summed E-state index contributed by atoms with van der Waals surface area (Å²) < 4.78 is 9.45. The second kappa shape index (κ2) is 8.34. The molecular formula is C27H21N5O2. The first-order chi connectivity index (χ1) is 16.5. The third-order valence-corrected chi connectivity index (χ3v) is 5.93. The molecule has 0 N–H and O–H groups in total. The smallest absolute Gasteiger partial charge is 0.269 e. The number of benzene rings is 2. The predicted molar refractivity (Wildman–Crippen MR) is 132 cm³/mol. The fourth-order valence-corrected chi connectivity index (χ4v) is 3.90. The molecule has 5 rings (SSSR count). The number of para-hydroxylation sites is 2. The summed E-state index contributed by atoms with van der Waals surface area (Å²) in [5.74, 6) is 1.19. The molecule has 0 aliphatic rings. The van der Waals surface area contributed by atoms with Crippen LogP contribution in [0.15, 0.2) is 71.7 Å². The van der Waals surface area contributed by atoms with Gasteiger partial charge in [0.2, 0.25) is 5.88 Å². The second-order valence-corrected chi connectivity index (χ2v) is 8.02. The summed E-state index contributed by atoms with van der Waals surface area (Å²) in [4.78, 5) is 22.7. The predicted octanol–water partition coefficient (Wildman–Crippen LogP) is 5.05. The molecule has 0 radical (unpaired) electrons. The highest BCUT2D eigenvalue weighted by molar-refractivity contribution is 5.91. The second-order valence-electron chi connectivity index (χ2n) is 8.02. The number of ether oxygens (including phenoxy) is 1. The number of allylic oxidation sites excluding steroid dienone is 1. The lowest BCUT2D eigenvalue weighted by atomic mass is 10.1. The largest absolute Gasteiger partial charge is 0.438 e. The highest BCUT2D eigenvalue weighted by Crippen LogP contribution is 2.29. The topological polar surface area (TPSA) is 85.2 Å². The van der Waals surface area contributed by atoms with Crippen molar-refractivity contribution in [3.63, 3.8) is 0 Å². The van der Waals surface area contributed by atoms with Gasteiger partial charge < -0.3 is 9.30 Å². The summed E-state index contributed by atoms with van der Waals surface area (Å²) in [6.45, 7) is 3.94. The number of nitriles is 1. The van der Waals surface area contributed by atoms with E-state index in [2.05, 4.69) is 16.0 Å². The summed E-state index contributed by atoms with van der Waals surface area (Å²) in [7, 11) is 1.84. The molecule has 0 atom stereocenters. The lowest BCUT2D eigenvalue weighted by Crippen LogP contribution is -2.19. The van der Waals surface area contributed by atoms with Crippen LogP contribution >= 0.6 is 0 Å². The number of hydrogen-bond acceptors (Lipinski definition) is 5. The first kappa shape index (κ1) is 21.2. The summed E-state index contributed by atoms with van der Waals surface area (Å²) in [6.07, 6.45) is 3.15. The van der Waals surface area contributed by atoms with Gasteiger partial charge in [-0.1, -0.05) is 30.3 Å². The molecule has 0 aliphatic carbocycles. The zero-order valence-corrected chi connectivity index (χ0v) is 19.0. The summed E-state index contributed by atoms with van der Waals surface area (Å²) in [5.41, 5.74) is 4.18. The van der Waals surface area contributed by atoms with E-state index in [9.17, 15) is 10.1 Å². The van der Waals surface area contributed by atoms with Crippen molar-refractivity contribution < 1.29 is 4.74 Å². The molecule has 0 aliphatic heterocycles. The Hall–Kier alpha value is -4.70. The van der Waals surface area contributed by atoms with Crippen molar-refractivity contribution in [2.75, 3.05) is 0 Å². The normalized spacial score (nSPS) is 11.6. The van der Waals surface area contributed by atoms with Gasteiger partial charge in [-0.2, -0.15) is 10.2 Å². The average molecular weight is 447 g/mol. The molecule has 0 saturated carbocycles. The third kappa shape index (κ3) is 3.51. The van der Waals surface area contributed by atoms with E-state index in [0.29, 0.717) is 17.2 Å². The molecule has 0 bridgehead atoms. The van der Waals surface area contributed by atoms with Crippen LogP contribution in [0.4, 0.5) is 0 Å². The Morgan fingerprint density at radius 3 is 2.62 bits per heavy atom. The number of hydrogen-bond donors (Lipinski definition) is 0. The molecule has 3 aromatic heterocycles. The van der Waals surface area contributed by atoms with Crippen LogP contribution in [0.2, 0.25) is 0 Å². The maximum atomic E-state index is 13.5. The number of imidazole rings is 1. The molecule has 0 saturated heterocycles. The van der Waals surface area contributed by atoms with E-state index in [4.69, 9.17) is 4.74 Å². The lowest BCUT2D eigenvalue weighted by molar-refractivity contribution is 0.457. The van der Waals surface area contributed by atoms with E-state index in [1.807, 2.05) is 67.9 Å². The molecule has 0 unspecified atom stereocenters. The Morgan fingerprint density at radius 1 is 1.03 bits per heavy atom. The quantitative estimate of drug-likeness (QED) is 0.360. The van der Waals surface area contributed by atoms with E-state index < -0.39 is 0 Å². The zero-order valence-electron chi connectivity index (χ0n) is 19.0. The molecule has 2 aromatic carbocycles. The van der Waals surface area contributed by atoms with Crippen molar-refractivity contribution in [2.45, 2.75) is 13.8 Å². The molecule has 166 valence electrons. The fourth-order valence-electron chi connectivity index (χ4n) is 3.90. The molecule has 34 heavy (non-hydrogen) atoms. The molecule has 7 nitrogen and oxygen atoms in total. The highest BCUT2D eigenvalue weighted by atomic mass is 16.5. The maximum absolute atomic E-state index is 13.5. The van der Waals surface area contributed by atoms with Gasteiger partial charge in [0, 0.05) is 13.2 Å². The summed E-state index contributed by atoms with van der Waals surface area (Å²) >= 11 is 0. The first-order valence-corrected chi connectivity index (χ1v) is 10.8. The van der Waals surface area contributed by atoms with Gasteiger partial charge >= 0.3 is 0 Å². The Labute approximate surface area is 195 Å². The van der Waals surface area contributed by atoms with Gasteiger partial charge in [-0.3, -0.25) is 9.20 Å². The minimum Gasteiger partial charge on any atom is -0.438 e. The first-order valence-electron chi connectivity index (χ1n) is 10.8. The fraction of sp³-hybridized carbons (Fsp3) is 0.111. The Morgan fingerprint density at radius 2 is 1.82 bits per heavy atom. The van der Waals surface area contributed by atoms with Gasteiger partial charge in [0.15, 0.2) is 5.82 Å². The van der Waals surface area contributed by atoms with Crippen molar-refractivity contribution in [1.82, 2.24) is 18.9 Å². The SMILES string of the molecule is Cc1cccc(Oc2nc3ccccn3c(=O)c2C=C(C#N)c2nc3ccccc3n2C)c1C. The van der Waals surface area contributed by atoms with Crippen LogP contribution in [0.25, 0.3) is 28.3 Å². The standard InChI is InChI=1S/C27H21N5O2/c1-17-9-8-12-23(18(17)2)34-26-20(27(33)32-14-7-6-13-24(32)30-26)15-19(16-28)25-29-21-10-4-5-11-22(21)31(25)3/h4-15H,1-3H3. The number of aromatic nitrogens is 4. The monoisotopic (exact) mass is 447 g/mol. The van der Waals surface area contributed by atoms with Crippen LogP contribution in [0.5, 0.6) is 11.6 Å². The molecule has 0 amide bonds. The van der Waals surface area contributed by atoms with E-state index >= 15 is 0 Å². The van der Waals surface area contributed by atoms with Gasteiger partial charge in [0.1, 0.15) is 23.0 Å². The highest BCUT2D eigenvalue weighted by Gasteiger charge is 2.18. The lowest BCUT2D eigenvalue weighted by Gasteiger charge is -2.13. The molecule has 0 fully saturated rings. The number of nitrogens with zero attached hydrogens (tertiary/aromatic N) is 5. The molecule has 0 spiro atoms. The number of fused-ring (bicyclic) bond motifs is 2. The van der Waals surface area contributed by atoms with Crippen LogP contribution in [-0.2, 0) is 7.05 Å². The van der Waals surface area contributed by atoms with Crippen molar-refractivity contribution in [3.05, 3.63) is 99.7 Å². The summed E-state index contributed by atoms with van der Waals surface area (Å²) in [6, 6.07) is 20.8. The molecule has 5 aromatic rings. The van der Waals surface area contributed by atoms with E-state index in [1.165, 1.54) is 10.5 Å². The van der Waals surface area contributed by atoms with Crippen LogP contribution in [-0.4, -0.2) is 18.9 Å². The van der Waals surface area contributed by atoms with Crippen molar-refractivity contribution in [3.8, 4) is 17.7 Å². The molecule has 3 heterocycles. The van der Waals surface area contributed by atoms with Gasteiger partial charge in [-0.25, -0.2) is 4.98 Å². The Bertz CT molecular complexity index is 1700. The third-order valence-electron chi connectivity index (χ3n) is 5.93. The maximum Gasteiger partial charge on any atom is 0.269 e. The molecule has 7 heteroatoms. The summed E-state index contributed by atoms with van der Waals surface area (Å²) in [5, 5.41) is 10.0. The van der Waals surface area contributed by atoms with Crippen molar-refractivity contribution >= 4 is 28.3 Å². The van der Waals surface area contributed by atoms with E-state index in [-0.39, 0.29) is 22.6 Å². The van der Waals surface area contributed by atoms with Gasteiger partial charge in [0.25, 0.3) is 5.56 Å². The number of pyridine rings is 1. The van der Waals surface area contributed by atoms with Crippen LogP contribution < -0.4 is 10.3 Å². The Balaban J connectivity index is 1.75. The van der Waals surface area contributed by atoms with E-state index in [0.717, 1.165) is 22.2 Å². The minimum absolute atomic E-state index is 0.136.